The molecule has 1 atom stereocenters. The van der Waals surface area contributed by atoms with Crippen LogP contribution in [0.2, 0.25) is 0 Å². The smallest absolute Gasteiger partial charge is 0.322 e. The van der Waals surface area contributed by atoms with E-state index in [1.54, 1.807) is 11.3 Å². The second kappa shape index (κ2) is 6.20. The molecule has 2 saturated heterocycles. The Bertz CT molecular complexity index is 615. The quantitative estimate of drug-likeness (QED) is 0.835. The van der Waals surface area contributed by atoms with Crippen molar-refractivity contribution in [2.24, 2.45) is 0 Å². The molecule has 1 N–H and O–H groups in total. The number of nitrogens with zero attached hydrogens (tertiary/aromatic N) is 3. The maximum atomic E-state index is 12.7. The number of imide groups is 1. The number of hydrogen-bond donors (Lipinski definition) is 1. The SMILES string of the molecule is CCCc1nc(CN2CCC3(C2)NC(=O)N(C(C)C)C3=O)cs1. The summed E-state index contributed by atoms with van der Waals surface area (Å²) in [6.07, 6.45) is 2.80. The van der Waals surface area contributed by atoms with E-state index in [0.717, 1.165) is 31.6 Å². The van der Waals surface area contributed by atoms with Crippen LogP contribution in [0, 0.1) is 0 Å². The topological polar surface area (TPSA) is 65.5 Å². The molecular formula is C16H24N4O2S. The number of hydrogen-bond acceptors (Lipinski definition) is 5. The molecule has 23 heavy (non-hydrogen) atoms. The summed E-state index contributed by atoms with van der Waals surface area (Å²) in [4.78, 5) is 33.0. The van der Waals surface area contributed by atoms with Gasteiger partial charge in [0, 0.05) is 31.1 Å². The zero-order valence-corrected chi connectivity index (χ0v) is 14.8. The molecule has 3 amide bonds. The van der Waals surface area contributed by atoms with E-state index < -0.39 is 5.54 Å². The molecule has 1 aromatic heterocycles. The van der Waals surface area contributed by atoms with Gasteiger partial charge < -0.3 is 5.32 Å². The van der Waals surface area contributed by atoms with E-state index in [1.165, 1.54) is 9.91 Å². The van der Waals surface area contributed by atoms with E-state index in [0.29, 0.717) is 13.0 Å². The third-order valence-electron chi connectivity index (χ3n) is 4.51. The molecule has 0 saturated carbocycles. The van der Waals surface area contributed by atoms with Gasteiger partial charge in [0.15, 0.2) is 0 Å². The van der Waals surface area contributed by atoms with Crippen molar-refractivity contribution < 1.29 is 9.59 Å². The van der Waals surface area contributed by atoms with E-state index in [1.807, 2.05) is 13.8 Å². The van der Waals surface area contributed by atoms with Gasteiger partial charge in [0.25, 0.3) is 5.91 Å². The molecule has 0 aromatic carbocycles. The van der Waals surface area contributed by atoms with Crippen molar-refractivity contribution in [2.75, 3.05) is 13.1 Å². The van der Waals surface area contributed by atoms with Crippen molar-refractivity contribution in [2.45, 2.75) is 58.2 Å². The highest BCUT2D eigenvalue weighted by atomic mass is 32.1. The van der Waals surface area contributed by atoms with Gasteiger partial charge in [0.05, 0.1) is 10.7 Å². The van der Waals surface area contributed by atoms with E-state index in [-0.39, 0.29) is 18.0 Å². The lowest BCUT2D eigenvalue weighted by molar-refractivity contribution is -0.132. The number of aromatic nitrogens is 1. The zero-order valence-electron chi connectivity index (χ0n) is 14.0. The molecule has 7 heteroatoms. The summed E-state index contributed by atoms with van der Waals surface area (Å²) < 4.78 is 0. The molecule has 2 aliphatic rings. The van der Waals surface area contributed by atoms with Gasteiger partial charge in [-0.2, -0.15) is 0 Å². The molecular weight excluding hydrogens is 312 g/mol. The Hall–Kier alpha value is -1.47. The molecule has 126 valence electrons. The van der Waals surface area contributed by atoms with Crippen LogP contribution >= 0.6 is 11.3 Å². The Labute approximate surface area is 140 Å². The monoisotopic (exact) mass is 336 g/mol. The Morgan fingerprint density at radius 3 is 2.87 bits per heavy atom. The Morgan fingerprint density at radius 2 is 2.22 bits per heavy atom. The van der Waals surface area contributed by atoms with Crippen LogP contribution in [-0.2, 0) is 17.8 Å². The molecule has 1 aromatic rings. The maximum Gasteiger partial charge on any atom is 0.325 e. The molecule has 6 nitrogen and oxygen atoms in total. The Kier molecular flexibility index (Phi) is 4.42. The van der Waals surface area contributed by atoms with Crippen molar-refractivity contribution >= 4 is 23.3 Å². The van der Waals surface area contributed by atoms with E-state index >= 15 is 0 Å². The van der Waals surface area contributed by atoms with Crippen LogP contribution in [0.3, 0.4) is 0 Å². The summed E-state index contributed by atoms with van der Waals surface area (Å²) in [5, 5.41) is 6.21. The van der Waals surface area contributed by atoms with Crippen molar-refractivity contribution in [3.05, 3.63) is 16.1 Å². The minimum atomic E-state index is -0.733. The second-order valence-electron chi connectivity index (χ2n) is 6.72. The van der Waals surface area contributed by atoms with Gasteiger partial charge in [0.2, 0.25) is 0 Å². The highest BCUT2D eigenvalue weighted by Crippen LogP contribution is 2.30. The van der Waals surface area contributed by atoms with Crippen molar-refractivity contribution in [1.82, 2.24) is 20.1 Å². The summed E-state index contributed by atoms with van der Waals surface area (Å²) in [6.45, 7) is 8.01. The minimum Gasteiger partial charge on any atom is -0.322 e. The molecule has 3 rings (SSSR count). The first-order chi connectivity index (χ1) is 10.9. The third kappa shape index (κ3) is 2.99. The van der Waals surface area contributed by atoms with Crippen molar-refractivity contribution in [1.29, 1.82) is 0 Å². The summed E-state index contributed by atoms with van der Waals surface area (Å²) in [6, 6.07) is -0.364. The number of carbonyl (C=O) groups excluding carboxylic acids is 2. The molecule has 2 aliphatic heterocycles. The van der Waals surface area contributed by atoms with Gasteiger partial charge in [-0.15, -0.1) is 11.3 Å². The third-order valence-corrected chi connectivity index (χ3v) is 5.46. The summed E-state index contributed by atoms with van der Waals surface area (Å²) in [5.41, 5.74) is 0.330. The normalized spacial score (nSPS) is 25.1. The van der Waals surface area contributed by atoms with E-state index in [4.69, 9.17) is 0 Å². The van der Waals surface area contributed by atoms with Gasteiger partial charge in [-0.25, -0.2) is 9.78 Å². The molecule has 3 heterocycles. The zero-order chi connectivity index (χ0) is 16.6. The number of thiazole rings is 1. The van der Waals surface area contributed by atoms with Crippen LogP contribution < -0.4 is 5.32 Å². The number of amides is 3. The van der Waals surface area contributed by atoms with Gasteiger partial charge in [-0.05, 0) is 33.1 Å². The van der Waals surface area contributed by atoms with E-state index in [2.05, 4.69) is 27.5 Å². The summed E-state index contributed by atoms with van der Waals surface area (Å²) in [7, 11) is 0. The molecule has 2 fully saturated rings. The fourth-order valence-electron chi connectivity index (χ4n) is 3.39. The van der Waals surface area contributed by atoms with Gasteiger partial charge in [0.1, 0.15) is 5.54 Å². The lowest BCUT2D eigenvalue weighted by Gasteiger charge is -2.23. The largest absolute Gasteiger partial charge is 0.325 e. The van der Waals surface area contributed by atoms with Crippen LogP contribution in [0.1, 0.15) is 44.3 Å². The summed E-state index contributed by atoms with van der Waals surface area (Å²) >= 11 is 1.70. The number of aryl methyl sites for hydroxylation is 1. The number of likely N-dealkylation sites (tertiary alicyclic amines) is 1. The number of carbonyl (C=O) groups is 2. The molecule has 0 bridgehead atoms. The highest BCUT2D eigenvalue weighted by Gasteiger charge is 2.55. The predicted molar refractivity (Wildman–Crippen MR) is 89.2 cm³/mol. The van der Waals surface area contributed by atoms with Crippen molar-refractivity contribution in [3.8, 4) is 0 Å². The average Bonchev–Trinajstić information content (AvgIpc) is 3.13. The first kappa shape index (κ1) is 16.4. The Balaban J connectivity index is 1.66. The van der Waals surface area contributed by atoms with Crippen molar-refractivity contribution in [3.63, 3.8) is 0 Å². The average molecular weight is 336 g/mol. The van der Waals surface area contributed by atoms with Gasteiger partial charge in [-0.1, -0.05) is 6.92 Å². The molecule has 1 spiro atoms. The second-order valence-corrected chi connectivity index (χ2v) is 7.67. The lowest BCUT2D eigenvalue weighted by atomic mass is 9.98. The van der Waals surface area contributed by atoms with Crippen LogP contribution in [0.15, 0.2) is 5.38 Å². The van der Waals surface area contributed by atoms with Crippen LogP contribution in [-0.4, -0.2) is 51.4 Å². The Morgan fingerprint density at radius 1 is 1.43 bits per heavy atom. The van der Waals surface area contributed by atoms with E-state index in [9.17, 15) is 9.59 Å². The maximum absolute atomic E-state index is 12.7. The van der Waals surface area contributed by atoms with Crippen LogP contribution in [0.5, 0.6) is 0 Å². The number of nitrogens with one attached hydrogen (secondary N) is 1. The van der Waals surface area contributed by atoms with Crippen LogP contribution in [0.4, 0.5) is 4.79 Å². The summed E-state index contributed by atoms with van der Waals surface area (Å²) in [5.74, 6) is -0.0788. The highest BCUT2D eigenvalue weighted by molar-refractivity contribution is 7.09. The molecule has 1 unspecified atom stereocenters. The fraction of sp³-hybridized carbons (Fsp3) is 0.688. The first-order valence-corrected chi connectivity index (χ1v) is 9.14. The molecule has 0 aliphatic carbocycles. The minimum absolute atomic E-state index is 0.0788. The van der Waals surface area contributed by atoms with Crippen LogP contribution in [0.25, 0.3) is 0 Å². The molecule has 0 radical (unpaired) electrons. The standard InChI is InChI=1S/C16H24N4O2S/c1-4-5-13-17-12(9-23-13)8-19-7-6-16(10-19)14(21)20(11(2)3)15(22)18-16/h9,11H,4-8,10H2,1-3H3,(H,18,22). The number of rotatable bonds is 5. The first-order valence-electron chi connectivity index (χ1n) is 8.26. The van der Waals surface area contributed by atoms with Gasteiger partial charge in [-0.3, -0.25) is 14.6 Å². The predicted octanol–water partition coefficient (Wildman–Crippen LogP) is 2.00. The lowest BCUT2D eigenvalue weighted by Crippen LogP contribution is -2.49. The number of urea groups is 1. The van der Waals surface area contributed by atoms with Gasteiger partial charge >= 0.3 is 6.03 Å². The fourth-order valence-corrected chi connectivity index (χ4v) is 4.28.